The Balaban J connectivity index is 1.61. The number of hydrogen-bond acceptors (Lipinski definition) is 6. The van der Waals surface area contributed by atoms with E-state index in [0.29, 0.717) is 22.8 Å². The Kier molecular flexibility index (Phi) is 7.00. The first kappa shape index (κ1) is 22.9. The second-order valence-electron chi connectivity index (χ2n) is 7.55. The summed E-state index contributed by atoms with van der Waals surface area (Å²) in [5, 5.41) is 4.70. The fourth-order valence-corrected chi connectivity index (χ4v) is 5.55. The summed E-state index contributed by atoms with van der Waals surface area (Å²) in [5.74, 6) is 0.305. The minimum atomic E-state index is -3.91. The van der Waals surface area contributed by atoms with Crippen molar-refractivity contribution < 1.29 is 17.9 Å². The highest BCUT2D eigenvalue weighted by atomic mass is 32.2. The van der Waals surface area contributed by atoms with E-state index in [0.717, 1.165) is 30.8 Å². The number of carbonyl (C=O) groups is 1. The van der Waals surface area contributed by atoms with E-state index in [1.54, 1.807) is 49.6 Å². The molecular formula is C24H25N3O4S2. The van der Waals surface area contributed by atoms with Crippen molar-refractivity contribution in [3.63, 3.8) is 0 Å². The van der Waals surface area contributed by atoms with Crippen LogP contribution in [0.2, 0.25) is 0 Å². The van der Waals surface area contributed by atoms with Crippen molar-refractivity contribution in [2.24, 2.45) is 0 Å². The molecule has 2 heterocycles. The van der Waals surface area contributed by atoms with Gasteiger partial charge in [-0.05, 0) is 72.8 Å². The lowest BCUT2D eigenvalue weighted by molar-refractivity contribution is -0.111. The van der Waals surface area contributed by atoms with Crippen LogP contribution in [0.4, 0.5) is 17.1 Å². The molecule has 1 aliphatic heterocycles. The second kappa shape index (κ2) is 10.1. The molecule has 7 nitrogen and oxygen atoms in total. The Bertz CT molecular complexity index is 1230. The summed E-state index contributed by atoms with van der Waals surface area (Å²) in [7, 11) is -2.35. The third-order valence-electron chi connectivity index (χ3n) is 5.25. The Morgan fingerprint density at radius 1 is 1.06 bits per heavy atom. The zero-order valence-electron chi connectivity index (χ0n) is 18.2. The van der Waals surface area contributed by atoms with Gasteiger partial charge in [0, 0.05) is 35.4 Å². The highest BCUT2D eigenvalue weighted by Gasteiger charge is 2.25. The maximum absolute atomic E-state index is 13.4. The summed E-state index contributed by atoms with van der Waals surface area (Å²) in [4.78, 5) is 15.5. The molecule has 1 aliphatic rings. The number of benzene rings is 2. The molecule has 1 amide bonds. The van der Waals surface area contributed by atoms with E-state index in [2.05, 4.69) is 14.9 Å². The van der Waals surface area contributed by atoms with Crippen molar-refractivity contribution in [2.75, 3.05) is 35.1 Å². The van der Waals surface area contributed by atoms with Gasteiger partial charge in [-0.25, -0.2) is 8.42 Å². The van der Waals surface area contributed by atoms with Gasteiger partial charge in [0.2, 0.25) is 5.91 Å². The smallest absolute Gasteiger partial charge is 0.264 e. The van der Waals surface area contributed by atoms with E-state index >= 15 is 0 Å². The van der Waals surface area contributed by atoms with Gasteiger partial charge < -0.3 is 15.0 Å². The highest BCUT2D eigenvalue weighted by Crippen LogP contribution is 2.32. The Morgan fingerprint density at radius 3 is 2.45 bits per heavy atom. The lowest BCUT2D eigenvalue weighted by atomic mass is 10.2. The number of nitrogens with one attached hydrogen (secondary N) is 2. The third kappa shape index (κ3) is 5.74. The molecule has 9 heteroatoms. The summed E-state index contributed by atoms with van der Waals surface area (Å²) >= 11 is 1.53. The molecule has 0 bridgehead atoms. The number of nitrogens with zero attached hydrogens (tertiary/aromatic N) is 1. The van der Waals surface area contributed by atoms with Crippen molar-refractivity contribution in [3.8, 4) is 5.75 Å². The van der Waals surface area contributed by atoms with Crippen molar-refractivity contribution in [3.05, 3.63) is 70.9 Å². The van der Waals surface area contributed by atoms with E-state index in [1.807, 2.05) is 17.5 Å². The maximum Gasteiger partial charge on any atom is 0.264 e. The number of hydrogen-bond donors (Lipinski definition) is 2. The van der Waals surface area contributed by atoms with Crippen LogP contribution in [0.15, 0.2) is 70.9 Å². The molecule has 1 fully saturated rings. The maximum atomic E-state index is 13.4. The van der Waals surface area contributed by atoms with Crippen LogP contribution in [-0.2, 0) is 14.8 Å². The first-order valence-corrected chi connectivity index (χ1v) is 12.9. The Morgan fingerprint density at radius 2 is 1.79 bits per heavy atom. The monoisotopic (exact) mass is 483 g/mol. The molecule has 2 N–H and O–H groups in total. The number of anilines is 3. The first-order chi connectivity index (χ1) is 15.9. The van der Waals surface area contributed by atoms with Crippen LogP contribution in [0.5, 0.6) is 5.75 Å². The largest absolute Gasteiger partial charge is 0.497 e. The zero-order chi connectivity index (χ0) is 23.3. The third-order valence-corrected chi connectivity index (χ3v) is 7.50. The summed E-state index contributed by atoms with van der Waals surface area (Å²) < 4.78 is 34.5. The average molecular weight is 484 g/mol. The van der Waals surface area contributed by atoms with Crippen LogP contribution in [0.3, 0.4) is 0 Å². The van der Waals surface area contributed by atoms with Crippen LogP contribution in [0, 0.1) is 0 Å². The number of sulfonamides is 1. The van der Waals surface area contributed by atoms with E-state index < -0.39 is 10.0 Å². The predicted molar refractivity (Wildman–Crippen MR) is 134 cm³/mol. The predicted octanol–water partition coefficient (Wildman–Crippen LogP) is 4.81. The number of methoxy groups -OCH3 is 1. The molecule has 172 valence electrons. The summed E-state index contributed by atoms with van der Waals surface area (Å²) in [5.41, 5.74) is 1.46. The van der Waals surface area contributed by atoms with Gasteiger partial charge in [-0.2, -0.15) is 0 Å². The van der Waals surface area contributed by atoms with Crippen molar-refractivity contribution in [1.82, 2.24) is 0 Å². The molecule has 4 rings (SSSR count). The number of rotatable bonds is 8. The minimum Gasteiger partial charge on any atom is -0.497 e. The molecule has 0 spiro atoms. The minimum absolute atomic E-state index is 0.125. The molecule has 33 heavy (non-hydrogen) atoms. The van der Waals surface area contributed by atoms with Gasteiger partial charge in [0.05, 0.1) is 12.8 Å². The van der Waals surface area contributed by atoms with Crippen LogP contribution in [0.1, 0.15) is 17.7 Å². The van der Waals surface area contributed by atoms with Gasteiger partial charge >= 0.3 is 0 Å². The summed E-state index contributed by atoms with van der Waals surface area (Å²) in [6, 6.07) is 15.5. The number of ether oxygens (including phenoxy) is 1. The second-order valence-corrected chi connectivity index (χ2v) is 10.2. The molecule has 0 unspecified atom stereocenters. The van der Waals surface area contributed by atoms with Gasteiger partial charge in [0.15, 0.2) is 0 Å². The fourth-order valence-electron chi connectivity index (χ4n) is 3.62. The summed E-state index contributed by atoms with van der Waals surface area (Å²) in [6.45, 7) is 1.58. The zero-order valence-corrected chi connectivity index (χ0v) is 19.8. The molecule has 0 saturated carbocycles. The SMILES string of the molecule is COc1ccc(NS(=O)(=O)c2cc(NC(=O)/C=C/c3cccs3)ccc2N2CCCC2)cc1. The van der Waals surface area contributed by atoms with Crippen LogP contribution < -0.4 is 19.7 Å². The average Bonchev–Trinajstić information content (AvgIpc) is 3.52. The molecule has 2 aromatic carbocycles. The van der Waals surface area contributed by atoms with E-state index in [9.17, 15) is 13.2 Å². The van der Waals surface area contributed by atoms with Gasteiger partial charge in [-0.3, -0.25) is 9.52 Å². The van der Waals surface area contributed by atoms with Crippen LogP contribution >= 0.6 is 11.3 Å². The van der Waals surface area contributed by atoms with Crippen molar-refractivity contribution in [1.29, 1.82) is 0 Å². The molecule has 1 aromatic heterocycles. The Labute approximate surface area is 197 Å². The molecule has 1 saturated heterocycles. The molecular weight excluding hydrogens is 458 g/mol. The van der Waals surface area contributed by atoms with E-state index in [1.165, 1.54) is 23.5 Å². The molecule has 0 aliphatic carbocycles. The van der Waals surface area contributed by atoms with Gasteiger partial charge in [-0.15, -0.1) is 11.3 Å². The van der Waals surface area contributed by atoms with Crippen LogP contribution in [0.25, 0.3) is 6.08 Å². The van der Waals surface area contributed by atoms with Gasteiger partial charge in [0.1, 0.15) is 10.6 Å². The Hall–Kier alpha value is -3.30. The normalized spacial score (nSPS) is 13.9. The number of amides is 1. The molecule has 3 aromatic rings. The number of thiophene rings is 1. The first-order valence-electron chi connectivity index (χ1n) is 10.5. The lowest BCUT2D eigenvalue weighted by Crippen LogP contribution is -2.23. The van der Waals surface area contributed by atoms with Crippen LogP contribution in [-0.4, -0.2) is 34.5 Å². The molecule has 0 atom stereocenters. The lowest BCUT2D eigenvalue weighted by Gasteiger charge is -2.22. The van der Waals surface area contributed by atoms with Gasteiger partial charge in [-0.1, -0.05) is 6.07 Å². The molecule has 0 radical (unpaired) electrons. The highest BCUT2D eigenvalue weighted by molar-refractivity contribution is 7.92. The quantitative estimate of drug-likeness (QED) is 0.449. The topological polar surface area (TPSA) is 87.7 Å². The summed E-state index contributed by atoms with van der Waals surface area (Å²) in [6.07, 6.45) is 5.18. The van der Waals surface area contributed by atoms with E-state index in [-0.39, 0.29) is 10.8 Å². The fraction of sp³-hybridized carbons (Fsp3) is 0.208. The van der Waals surface area contributed by atoms with Crippen molar-refractivity contribution in [2.45, 2.75) is 17.7 Å². The number of carbonyl (C=O) groups excluding carboxylic acids is 1. The van der Waals surface area contributed by atoms with Crippen molar-refractivity contribution >= 4 is 50.4 Å². The standard InChI is InChI=1S/C24H25N3O4S2/c1-31-20-9-6-18(7-10-20)26-33(29,30)23-17-19(8-12-22(23)27-14-2-3-15-27)25-24(28)13-11-21-5-4-16-32-21/h4-13,16-17,26H,2-3,14-15H2,1H3,(H,25,28)/b13-11+. The van der Waals surface area contributed by atoms with Gasteiger partial charge in [0.25, 0.3) is 10.0 Å². The van der Waals surface area contributed by atoms with E-state index in [4.69, 9.17) is 4.74 Å².